The second kappa shape index (κ2) is 2.50. The van der Waals surface area contributed by atoms with Crippen LogP contribution in [0.15, 0.2) is 6.07 Å². The van der Waals surface area contributed by atoms with Crippen LogP contribution in [0.3, 0.4) is 0 Å². The van der Waals surface area contributed by atoms with Crippen LogP contribution in [0.2, 0.25) is 10.3 Å². The summed E-state index contributed by atoms with van der Waals surface area (Å²) in [6.07, 6.45) is 0. The van der Waals surface area contributed by atoms with E-state index in [1.807, 2.05) is 0 Å². The third-order valence-corrected chi connectivity index (χ3v) is 1.05. The molecule has 0 spiro atoms. The van der Waals surface area contributed by atoms with Crippen LogP contribution in [0, 0.1) is 6.85 Å². The highest BCUT2D eigenvalue weighted by Gasteiger charge is 1.94. The molecule has 0 amide bonds. The van der Waals surface area contributed by atoms with Gasteiger partial charge in [-0.25, -0.2) is 9.97 Å². The van der Waals surface area contributed by atoms with E-state index in [-0.39, 0.29) is 16.1 Å². The molecule has 1 rings (SSSR count). The Balaban J connectivity index is 3.18. The van der Waals surface area contributed by atoms with Crippen molar-refractivity contribution in [3.8, 4) is 0 Å². The third kappa shape index (κ3) is 1.80. The highest BCUT2D eigenvalue weighted by Crippen LogP contribution is 2.10. The average molecular weight is 166 g/mol. The van der Waals surface area contributed by atoms with Crippen molar-refractivity contribution in [1.82, 2.24) is 9.97 Å². The Kier molecular flexibility index (Phi) is 1.04. The first-order valence-corrected chi connectivity index (χ1v) is 2.86. The van der Waals surface area contributed by atoms with Crippen LogP contribution in [0.5, 0.6) is 0 Å². The summed E-state index contributed by atoms with van der Waals surface area (Å²) in [5, 5.41) is 0.0576. The molecule has 0 bridgehead atoms. The van der Waals surface area contributed by atoms with E-state index in [4.69, 9.17) is 27.3 Å². The molecule has 1 aromatic heterocycles. The van der Waals surface area contributed by atoms with Crippen molar-refractivity contribution >= 4 is 23.2 Å². The minimum Gasteiger partial charge on any atom is -0.221 e. The second-order valence-electron chi connectivity index (χ2n) is 1.34. The average Bonchev–Trinajstić information content (AvgIpc) is 1.82. The zero-order valence-electron chi connectivity index (χ0n) is 7.23. The Morgan fingerprint density at radius 2 is 2.00 bits per heavy atom. The van der Waals surface area contributed by atoms with E-state index in [2.05, 4.69) is 9.97 Å². The largest absolute Gasteiger partial charge is 0.221 e. The molecule has 1 heterocycles. The lowest BCUT2D eigenvalue weighted by atomic mass is 10.6. The molecule has 2 nitrogen and oxygen atoms in total. The van der Waals surface area contributed by atoms with Crippen LogP contribution < -0.4 is 0 Å². The quantitative estimate of drug-likeness (QED) is 0.551. The number of aromatic nitrogens is 2. The van der Waals surface area contributed by atoms with Gasteiger partial charge in [-0.05, 0) is 6.85 Å². The van der Waals surface area contributed by atoms with Gasteiger partial charge in [0.15, 0.2) is 0 Å². The van der Waals surface area contributed by atoms with Crippen molar-refractivity contribution < 1.29 is 4.11 Å². The van der Waals surface area contributed by atoms with Crippen LogP contribution in [0.1, 0.15) is 9.94 Å². The van der Waals surface area contributed by atoms with Crippen LogP contribution in [0.25, 0.3) is 0 Å². The first kappa shape index (κ1) is 3.74. The molecule has 0 aliphatic heterocycles. The molecule has 9 heavy (non-hydrogen) atoms. The maximum Gasteiger partial charge on any atom is 0.134 e. The summed E-state index contributed by atoms with van der Waals surface area (Å²) in [4.78, 5) is 7.03. The number of hydrogen-bond donors (Lipinski definition) is 0. The number of aryl methyl sites for hydroxylation is 1. The van der Waals surface area contributed by atoms with Crippen LogP contribution in [0.4, 0.5) is 0 Å². The summed E-state index contributed by atoms with van der Waals surface area (Å²) in [6, 6.07) is 1.28. The van der Waals surface area contributed by atoms with Crippen molar-refractivity contribution in [2.75, 3.05) is 0 Å². The lowest BCUT2D eigenvalue weighted by Crippen LogP contribution is -1.86. The van der Waals surface area contributed by atoms with E-state index in [1.54, 1.807) is 0 Å². The van der Waals surface area contributed by atoms with Gasteiger partial charge in [0.25, 0.3) is 0 Å². The third-order valence-electron chi connectivity index (χ3n) is 0.664. The lowest BCUT2D eigenvalue weighted by molar-refractivity contribution is 1.05. The van der Waals surface area contributed by atoms with E-state index in [9.17, 15) is 0 Å². The van der Waals surface area contributed by atoms with Gasteiger partial charge >= 0.3 is 0 Å². The molecule has 0 aliphatic carbocycles. The van der Waals surface area contributed by atoms with E-state index in [1.165, 1.54) is 6.07 Å². The maximum absolute atomic E-state index is 6.96. The maximum atomic E-state index is 6.96. The Morgan fingerprint density at radius 3 is 2.44 bits per heavy atom. The monoisotopic (exact) mass is 165 g/mol. The van der Waals surface area contributed by atoms with Crippen molar-refractivity contribution in [2.24, 2.45) is 0 Å². The molecule has 0 N–H and O–H groups in total. The number of rotatable bonds is 0. The fraction of sp³-hybridized carbons (Fsp3) is 0.200. The minimum atomic E-state index is -2.37. The summed E-state index contributed by atoms with van der Waals surface area (Å²) >= 11 is 10.9. The SMILES string of the molecule is [2H]C([2H])([2H])c1nc(Cl)cc(Cl)n1. The summed E-state index contributed by atoms with van der Waals surface area (Å²) in [5.74, 6) is -0.333. The predicted octanol–water partition coefficient (Wildman–Crippen LogP) is 2.09. The van der Waals surface area contributed by atoms with Crippen molar-refractivity contribution in [3.05, 3.63) is 22.2 Å². The summed E-state index contributed by atoms with van der Waals surface area (Å²) in [7, 11) is 0. The Bertz CT molecular complexity index is 279. The number of halogens is 2. The van der Waals surface area contributed by atoms with Gasteiger partial charge in [-0.1, -0.05) is 23.2 Å². The fourth-order valence-electron chi connectivity index (χ4n) is 0.390. The van der Waals surface area contributed by atoms with Gasteiger partial charge in [0.05, 0.1) is 0 Å². The van der Waals surface area contributed by atoms with Crippen LogP contribution in [-0.4, -0.2) is 9.97 Å². The van der Waals surface area contributed by atoms with Crippen LogP contribution >= 0.6 is 23.2 Å². The van der Waals surface area contributed by atoms with Crippen molar-refractivity contribution in [2.45, 2.75) is 6.85 Å². The number of hydrogen-bond acceptors (Lipinski definition) is 2. The molecule has 0 radical (unpaired) electrons. The molecule has 0 aromatic carbocycles. The molecule has 48 valence electrons. The number of nitrogens with zero attached hydrogens (tertiary/aromatic N) is 2. The second-order valence-corrected chi connectivity index (χ2v) is 2.11. The first-order valence-electron chi connectivity index (χ1n) is 3.60. The van der Waals surface area contributed by atoms with Crippen molar-refractivity contribution in [1.29, 1.82) is 0 Å². The fourth-order valence-corrected chi connectivity index (χ4v) is 0.813. The topological polar surface area (TPSA) is 25.8 Å². The molecule has 4 heteroatoms. The van der Waals surface area contributed by atoms with Gasteiger partial charge in [-0.2, -0.15) is 0 Å². The summed E-state index contributed by atoms with van der Waals surface area (Å²) < 4.78 is 20.9. The predicted molar refractivity (Wildman–Crippen MR) is 36.8 cm³/mol. The standard InChI is InChI=1S/C5H4Cl2N2/c1-3-8-4(6)2-5(7)9-3/h2H,1H3/i1D3. The summed E-state index contributed by atoms with van der Waals surface area (Å²) in [5.41, 5.74) is 0. The lowest BCUT2D eigenvalue weighted by Gasteiger charge is -1.91. The molecule has 0 saturated carbocycles. The first-order chi connectivity index (χ1) is 5.39. The van der Waals surface area contributed by atoms with E-state index in [0.717, 1.165) is 0 Å². The minimum absolute atomic E-state index is 0.0288. The van der Waals surface area contributed by atoms with Gasteiger partial charge in [-0.3, -0.25) is 0 Å². The van der Waals surface area contributed by atoms with E-state index >= 15 is 0 Å². The molecular weight excluding hydrogens is 159 g/mol. The van der Waals surface area contributed by atoms with Gasteiger partial charge in [-0.15, -0.1) is 0 Å². The molecule has 0 fully saturated rings. The Labute approximate surface area is 67.1 Å². The smallest absolute Gasteiger partial charge is 0.134 e. The van der Waals surface area contributed by atoms with Gasteiger partial charge in [0.1, 0.15) is 16.1 Å². The normalized spacial score (nSPS) is 16.0. The highest BCUT2D eigenvalue weighted by molar-refractivity contribution is 6.33. The molecule has 0 saturated heterocycles. The molecular formula is C5H4Cl2N2. The summed E-state index contributed by atoms with van der Waals surface area (Å²) in [6.45, 7) is -2.37. The molecule has 0 atom stereocenters. The molecule has 0 unspecified atom stereocenters. The van der Waals surface area contributed by atoms with Gasteiger partial charge in [0.2, 0.25) is 0 Å². The van der Waals surface area contributed by atoms with Crippen molar-refractivity contribution in [3.63, 3.8) is 0 Å². The van der Waals surface area contributed by atoms with E-state index < -0.39 is 6.85 Å². The van der Waals surface area contributed by atoms with Gasteiger partial charge < -0.3 is 0 Å². The Hall–Kier alpha value is -0.340. The molecule has 1 aromatic rings. The van der Waals surface area contributed by atoms with Gasteiger partial charge in [0, 0.05) is 10.2 Å². The zero-order valence-corrected chi connectivity index (χ0v) is 5.74. The van der Waals surface area contributed by atoms with E-state index in [0.29, 0.717) is 0 Å². The molecule has 0 aliphatic rings. The highest BCUT2D eigenvalue weighted by atomic mass is 35.5. The Morgan fingerprint density at radius 1 is 1.44 bits per heavy atom. The zero-order chi connectivity index (χ0) is 9.35. The van der Waals surface area contributed by atoms with Crippen LogP contribution in [-0.2, 0) is 0 Å².